The highest BCUT2D eigenvalue weighted by Gasteiger charge is 2.19. The molecule has 0 spiro atoms. The molecule has 2 aromatic carbocycles. The Hall–Kier alpha value is -2.73. The maximum absolute atomic E-state index is 12.7. The summed E-state index contributed by atoms with van der Waals surface area (Å²) in [7, 11) is 3.17. The fourth-order valence-corrected chi connectivity index (χ4v) is 3.12. The fourth-order valence-electron chi connectivity index (χ4n) is 2.71. The van der Waals surface area contributed by atoms with Crippen molar-refractivity contribution in [1.29, 1.82) is 0 Å². The number of benzene rings is 2. The Morgan fingerprint density at radius 2 is 1.92 bits per heavy atom. The third-order valence-corrected chi connectivity index (χ3v) is 4.84. The molecule has 0 aliphatic carbocycles. The molecule has 0 aliphatic heterocycles. The predicted octanol–water partition coefficient (Wildman–Crippen LogP) is 3.80. The first-order chi connectivity index (χ1) is 12.5. The van der Waals surface area contributed by atoms with Gasteiger partial charge in [-0.1, -0.05) is 24.3 Å². The molecule has 0 bridgehead atoms. The summed E-state index contributed by atoms with van der Waals surface area (Å²) in [4.78, 5) is 27.7. The van der Waals surface area contributed by atoms with Crippen molar-refractivity contribution in [3.63, 3.8) is 0 Å². The Morgan fingerprint density at radius 3 is 2.58 bits per heavy atom. The number of carbonyl (C=O) groups is 1. The molecule has 3 aromatic rings. The van der Waals surface area contributed by atoms with E-state index in [9.17, 15) is 9.59 Å². The number of amides is 1. The molecule has 1 amide bonds. The van der Waals surface area contributed by atoms with E-state index in [1.807, 2.05) is 30.5 Å². The van der Waals surface area contributed by atoms with Gasteiger partial charge >= 0.3 is 5.63 Å². The van der Waals surface area contributed by atoms with Gasteiger partial charge in [0.05, 0.1) is 7.11 Å². The molecule has 0 atom stereocenters. The van der Waals surface area contributed by atoms with Gasteiger partial charge in [0.25, 0.3) is 5.91 Å². The number of hydrogen-bond acceptors (Lipinski definition) is 5. The van der Waals surface area contributed by atoms with Crippen LogP contribution < -0.4 is 10.4 Å². The summed E-state index contributed by atoms with van der Waals surface area (Å²) >= 11 is 1.66. The van der Waals surface area contributed by atoms with Crippen LogP contribution in [0.5, 0.6) is 5.75 Å². The van der Waals surface area contributed by atoms with Gasteiger partial charge in [-0.25, -0.2) is 4.79 Å². The molecule has 134 valence electrons. The average Bonchev–Trinajstić information content (AvgIpc) is 2.67. The second-order valence-corrected chi connectivity index (χ2v) is 6.72. The van der Waals surface area contributed by atoms with E-state index < -0.39 is 5.63 Å². The van der Waals surface area contributed by atoms with E-state index in [0.717, 1.165) is 10.5 Å². The van der Waals surface area contributed by atoms with Gasteiger partial charge in [0.1, 0.15) is 5.56 Å². The molecule has 0 saturated carbocycles. The summed E-state index contributed by atoms with van der Waals surface area (Å²) in [6.45, 7) is 0.406. The van der Waals surface area contributed by atoms with Gasteiger partial charge in [0.15, 0.2) is 11.3 Å². The Balaban J connectivity index is 1.88. The van der Waals surface area contributed by atoms with E-state index >= 15 is 0 Å². The molecule has 26 heavy (non-hydrogen) atoms. The summed E-state index contributed by atoms with van der Waals surface area (Å²) in [5.74, 6) is 0.0817. The van der Waals surface area contributed by atoms with Crippen molar-refractivity contribution in [3.8, 4) is 5.75 Å². The SMILES string of the molecule is COc1cccc2cc(C(=O)N(C)Cc3ccc(SC)cc3)c(=O)oc12. The molecule has 0 aliphatic rings. The maximum atomic E-state index is 12.7. The molecule has 1 heterocycles. The number of hydrogen-bond donors (Lipinski definition) is 0. The van der Waals surface area contributed by atoms with Crippen LogP contribution >= 0.6 is 11.8 Å². The van der Waals surface area contributed by atoms with Crippen molar-refractivity contribution in [2.75, 3.05) is 20.4 Å². The highest BCUT2D eigenvalue weighted by Crippen LogP contribution is 2.24. The third-order valence-electron chi connectivity index (χ3n) is 4.10. The lowest BCUT2D eigenvalue weighted by Gasteiger charge is -2.17. The van der Waals surface area contributed by atoms with Crippen LogP contribution in [0.1, 0.15) is 15.9 Å². The molecule has 0 fully saturated rings. The first-order valence-electron chi connectivity index (χ1n) is 8.02. The molecular weight excluding hydrogens is 350 g/mol. The summed E-state index contributed by atoms with van der Waals surface area (Å²) in [5.41, 5.74) is 0.669. The van der Waals surface area contributed by atoms with Gasteiger partial charge in [-0.3, -0.25) is 4.79 Å². The second kappa shape index (κ2) is 7.66. The van der Waals surface area contributed by atoms with Crippen molar-refractivity contribution >= 4 is 28.6 Å². The molecule has 0 saturated heterocycles. The Bertz CT molecular complexity index is 995. The van der Waals surface area contributed by atoms with E-state index in [4.69, 9.17) is 9.15 Å². The molecule has 0 N–H and O–H groups in total. The van der Waals surface area contributed by atoms with E-state index in [2.05, 4.69) is 0 Å². The van der Waals surface area contributed by atoms with Gasteiger partial charge in [0.2, 0.25) is 0 Å². The van der Waals surface area contributed by atoms with Gasteiger partial charge < -0.3 is 14.1 Å². The molecule has 6 heteroatoms. The summed E-state index contributed by atoms with van der Waals surface area (Å²) < 4.78 is 10.5. The zero-order valence-corrected chi connectivity index (χ0v) is 15.6. The molecule has 0 unspecified atom stereocenters. The minimum Gasteiger partial charge on any atom is -0.493 e. The summed E-state index contributed by atoms with van der Waals surface area (Å²) in [5, 5.41) is 0.644. The number of carbonyl (C=O) groups excluding carboxylic acids is 1. The molecule has 3 rings (SSSR count). The van der Waals surface area contributed by atoms with Crippen LogP contribution in [0, 0.1) is 0 Å². The van der Waals surface area contributed by atoms with Gasteiger partial charge in [-0.05, 0) is 36.1 Å². The van der Waals surface area contributed by atoms with E-state index in [-0.39, 0.29) is 11.5 Å². The zero-order chi connectivity index (χ0) is 18.7. The maximum Gasteiger partial charge on any atom is 0.349 e. The summed E-state index contributed by atoms with van der Waals surface area (Å²) in [6, 6.07) is 14.8. The third kappa shape index (κ3) is 3.60. The van der Waals surface area contributed by atoms with Crippen LogP contribution in [-0.4, -0.2) is 31.2 Å². The lowest BCUT2D eigenvalue weighted by Crippen LogP contribution is -2.30. The van der Waals surface area contributed by atoms with Crippen LogP contribution in [0.2, 0.25) is 0 Å². The lowest BCUT2D eigenvalue weighted by atomic mass is 10.1. The zero-order valence-electron chi connectivity index (χ0n) is 14.8. The smallest absolute Gasteiger partial charge is 0.349 e. The van der Waals surface area contributed by atoms with Gasteiger partial charge in [0, 0.05) is 23.9 Å². The van der Waals surface area contributed by atoms with E-state index in [0.29, 0.717) is 23.3 Å². The molecular formula is C20H19NO4S. The predicted molar refractivity (Wildman–Crippen MR) is 103 cm³/mol. The average molecular weight is 369 g/mol. The highest BCUT2D eigenvalue weighted by atomic mass is 32.2. The number of ether oxygens (including phenoxy) is 1. The number of fused-ring (bicyclic) bond motifs is 1. The Kier molecular flexibility index (Phi) is 5.32. The molecule has 1 aromatic heterocycles. The lowest BCUT2D eigenvalue weighted by molar-refractivity contribution is 0.0781. The molecule has 0 radical (unpaired) electrons. The topological polar surface area (TPSA) is 59.8 Å². The first-order valence-corrected chi connectivity index (χ1v) is 9.25. The summed E-state index contributed by atoms with van der Waals surface area (Å²) in [6.07, 6.45) is 2.01. The largest absolute Gasteiger partial charge is 0.493 e. The number of para-hydroxylation sites is 1. The number of methoxy groups -OCH3 is 1. The van der Waals surface area contributed by atoms with Crippen molar-refractivity contribution in [2.45, 2.75) is 11.4 Å². The van der Waals surface area contributed by atoms with Crippen LogP contribution in [-0.2, 0) is 6.54 Å². The number of rotatable bonds is 5. The van der Waals surface area contributed by atoms with Gasteiger partial charge in [-0.15, -0.1) is 11.8 Å². The van der Waals surface area contributed by atoms with Gasteiger partial charge in [-0.2, -0.15) is 0 Å². The van der Waals surface area contributed by atoms with Crippen LogP contribution in [0.25, 0.3) is 11.0 Å². The quantitative estimate of drug-likeness (QED) is 0.506. The highest BCUT2D eigenvalue weighted by molar-refractivity contribution is 7.98. The second-order valence-electron chi connectivity index (χ2n) is 5.84. The first kappa shape index (κ1) is 18.1. The Labute approximate surface area is 155 Å². The molecule has 5 nitrogen and oxygen atoms in total. The standard InChI is InChI=1S/C20H19NO4S/c1-21(12-13-7-9-15(26-3)10-8-13)19(22)16-11-14-5-4-6-17(24-2)18(14)25-20(16)23/h4-11H,12H2,1-3H3. The minimum absolute atomic E-state index is 0.00832. The van der Waals surface area contributed by atoms with Crippen molar-refractivity contribution in [3.05, 3.63) is 70.1 Å². The number of thioether (sulfide) groups is 1. The van der Waals surface area contributed by atoms with E-state index in [1.165, 1.54) is 12.0 Å². The minimum atomic E-state index is -0.670. The fraction of sp³-hybridized carbons (Fsp3) is 0.200. The normalized spacial score (nSPS) is 10.7. The number of nitrogens with zero attached hydrogens (tertiary/aromatic N) is 1. The van der Waals surface area contributed by atoms with Crippen molar-refractivity contribution in [1.82, 2.24) is 4.90 Å². The van der Waals surface area contributed by atoms with Crippen LogP contribution in [0.15, 0.2) is 62.6 Å². The van der Waals surface area contributed by atoms with E-state index in [1.54, 1.807) is 43.1 Å². The van der Waals surface area contributed by atoms with Crippen LogP contribution in [0.3, 0.4) is 0 Å². The van der Waals surface area contributed by atoms with Crippen LogP contribution in [0.4, 0.5) is 0 Å². The Morgan fingerprint density at radius 1 is 1.19 bits per heavy atom. The van der Waals surface area contributed by atoms with Crippen molar-refractivity contribution in [2.24, 2.45) is 0 Å². The van der Waals surface area contributed by atoms with Crippen molar-refractivity contribution < 1.29 is 13.9 Å². The monoisotopic (exact) mass is 369 g/mol.